The third-order valence-corrected chi connectivity index (χ3v) is 0.987. The molecular formula is C5H11N3O. The number of nitrogens with zero attached hydrogens (tertiary/aromatic N) is 1. The molecule has 0 aromatic carbocycles. The Kier molecular flexibility index (Phi) is 2.32. The van der Waals surface area contributed by atoms with E-state index in [9.17, 15) is 0 Å². The Bertz CT molecular complexity index is 113. The van der Waals surface area contributed by atoms with Crippen molar-refractivity contribution < 1.29 is 4.84 Å². The molecule has 0 aromatic heterocycles. The molecule has 52 valence electrons. The van der Waals surface area contributed by atoms with E-state index in [2.05, 4.69) is 15.8 Å². The standard InChI is InChI=1S/C5H11N3O/c1-2-9-8-5-6-3-4-7-5/h2-4H2,1H3,(H2,6,7,8). The maximum absolute atomic E-state index is 4.87. The van der Waals surface area contributed by atoms with Gasteiger partial charge < -0.3 is 5.32 Å². The molecule has 0 spiro atoms. The average molecular weight is 129 g/mol. The molecule has 1 rings (SSSR count). The Morgan fingerprint density at radius 2 is 2.78 bits per heavy atom. The Morgan fingerprint density at radius 3 is 3.33 bits per heavy atom. The summed E-state index contributed by atoms with van der Waals surface area (Å²) >= 11 is 0. The zero-order valence-corrected chi connectivity index (χ0v) is 5.48. The van der Waals surface area contributed by atoms with Crippen molar-refractivity contribution in [1.29, 1.82) is 0 Å². The van der Waals surface area contributed by atoms with Crippen molar-refractivity contribution in [3.05, 3.63) is 0 Å². The number of hydrogen-bond acceptors (Lipinski definition) is 4. The van der Waals surface area contributed by atoms with Gasteiger partial charge in [-0.25, -0.2) is 10.5 Å². The minimum atomic E-state index is 0.653. The van der Waals surface area contributed by atoms with Gasteiger partial charge in [0.2, 0.25) is 5.96 Å². The van der Waals surface area contributed by atoms with Gasteiger partial charge in [0.1, 0.15) is 0 Å². The minimum absolute atomic E-state index is 0.653. The van der Waals surface area contributed by atoms with Gasteiger partial charge in [-0.3, -0.25) is 4.84 Å². The van der Waals surface area contributed by atoms with E-state index >= 15 is 0 Å². The van der Waals surface area contributed by atoms with Gasteiger partial charge in [-0.2, -0.15) is 0 Å². The second-order valence-corrected chi connectivity index (χ2v) is 1.69. The van der Waals surface area contributed by atoms with Gasteiger partial charge in [-0.05, 0) is 6.92 Å². The lowest BCUT2D eigenvalue weighted by Gasteiger charge is -2.02. The minimum Gasteiger partial charge on any atom is -0.353 e. The monoisotopic (exact) mass is 129 g/mol. The number of hydrogen-bond donors (Lipinski definition) is 2. The summed E-state index contributed by atoms with van der Waals surface area (Å²) < 4.78 is 0. The Balaban J connectivity index is 2.11. The Hall–Kier alpha value is -0.770. The Labute approximate surface area is 54.3 Å². The second-order valence-electron chi connectivity index (χ2n) is 1.69. The molecule has 1 aliphatic rings. The fourth-order valence-electron chi connectivity index (χ4n) is 0.607. The van der Waals surface area contributed by atoms with Crippen LogP contribution in [0.3, 0.4) is 0 Å². The van der Waals surface area contributed by atoms with Gasteiger partial charge in [-0.15, -0.1) is 0 Å². The average Bonchev–Trinajstić information content (AvgIpc) is 2.34. The topological polar surface area (TPSA) is 45.6 Å². The van der Waals surface area contributed by atoms with Gasteiger partial charge in [-0.1, -0.05) is 0 Å². The van der Waals surface area contributed by atoms with E-state index in [1.165, 1.54) is 0 Å². The van der Waals surface area contributed by atoms with Crippen LogP contribution in [-0.4, -0.2) is 25.7 Å². The van der Waals surface area contributed by atoms with E-state index in [1.54, 1.807) is 0 Å². The lowest BCUT2D eigenvalue weighted by Crippen LogP contribution is -2.33. The van der Waals surface area contributed by atoms with Crippen LogP contribution in [0.25, 0.3) is 0 Å². The highest BCUT2D eigenvalue weighted by molar-refractivity contribution is 5.80. The summed E-state index contributed by atoms with van der Waals surface area (Å²) in [6, 6.07) is 0. The number of nitrogens with one attached hydrogen (secondary N) is 2. The molecule has 0 aromatic rings. The third kappa shape index (κ3) is 1.89. The molecule has 0 amide bonds. The van der Waals surface area contributed by atoms with Crippen molar-refractivity contribution in [1.82, 2.24) is 10.8 Å². The molecule has 0 radical (unpaired) electrons. The van der Waals surface area contributed by atoms with Crippen LogP contribution in [0.5, 0.6) is 0 Å². The molecule has 0 bridgehead atoms. The molecule has 0 unspecified atom stereocenters. The van der Waals surface area contributed by atoms with E-state index in [4.69, 9.17) is 4.84 Å². The van der Waals surface area contributed by atoms with Crippen LogP contribution >= 0.6 is 0 Å². The van der Waals surface area contributed by atoms with Crippen LogP contribution < -0.4 is 10.8 Å². The van der Waals surface area contributed by atoms with Gasteiger partial charge >= 0.3 is 0 Å². The number of aliphatic imine (C=N–C) groups is 1. The van der Waals surface area contributed by atoms with Crippen LogP contribution in [-0.2, 0) is 4.84 Å². The van der Waals surface area contributed by atoms with Crippen molar-refractivity contribution in [3.8, 4) is 0 Å². The molecule has 2 N–H and O–H groups in total. The molecule has 0 aliphatic carbocycles. The van der Waals surface area contributed by atoms with Crippen molar-refractivity contribution >= 4 is 5.96 Å². The molecular weight excluding hydrogens is 118 g/mol. The summed E-state index contributed by atoms with van der Waals surface area (Å²) in [6.45, 7) is 4.33. The first-order valence-corrected chi connectivity index (χ1v) is 3.09. The molecule has 4 nitrogen and oxygen atoms in total. The molecule has 0 saturated carbocycles. The van der Waals surface area contributed by atoms with Crippen LogP contribution in [0.15, 0.2) is 4.99 Å². The van der Waals surface area contributed by atoms with E-state index < -0.39 is 0 Å². The third-order valence-electron chi connectivity index (χ3n) is 0.987. The molecule has 1 heterocycles. The van der Waals surface area contributed by atoms with E-state index in [0.29, 0.717) is 6.61 Å². The van der Waals surface area contributed by atoms with Crippen LogP contribution in [0.4, 0.5) is 0 Å². The van der Waals surface area contributed by atoms with Gasteiger partial charge in [0, 0.05) is 6.54 Å². The Morgan fingerprint density at radius 1 is 1.89 bits per heavy atom. The van der Waals surface area contributed by atoms with Crippen LogP contribution in [0.2, 0.25) is 0 Å². The fourth-order valence-corrected chi connectivity index (χ4v) is 0.607. The fraction of sp³-hybridized carbons (Fsp3) is 0.800. The van der Waals surface area contributed by atoms with E-state index in [1.807, 2.05) is 6.92 Å². The molecule has 0 fully saturated rings. The smallest absolute Gasteiger partial charge is 0.215 e. The van der Waals surface area contributed by atoms with Crippen LogP contribution in [0, 0.1) is 0 Å². The van der Waals surface area contributed by atoms with Crippen LogP contribution in [0.1, 0.15) is 6.92 Å². The highest BCUT2D eigenvalue weighted by atomic mass is 16.6. The van der Waals surface area contributed by atoms with Crippen molar-refractivity contribution in [2.75, 3.05) is 19.7 Å². The van der Waals surface area contributed by atoms with Gasteiger partial charge in [0.05, 0.1) is 13.2 Å². The molecule has 0 saturated heterocycles. The lowest BCUT2D eigenvalue weighted by molar-refractivity contribution is 0.0949. The molecule has 9 heavy (non-hydrogen) atoms. The molecule has 1 aliphatic heterocycles. The normalized spacial score (nSPS) is 16.8. The summed E-state index contributed by atoms with van der Waals surface area (Å²) in [5.41, 5.74) is 2.67. The first kappa shape index (κ1) is 6.35. The van der Waals surface area contributed by atoms with Crippen molar-refractivity contribution in [3.63, 3.8) is 0 Å². The van der Waals surface area contributed by atoms with Crippen molar-refractivity contribution in [2.24, 2.45) is 4.99 Å². The van der Waals surface area contributed by atoms with Crippen molar-refractivity contribution in [2.45, 2.75) is 6.92 Å². The maximum Gasteiger partial charge on any atom is 0.215 e. The van der Waals surface area contributed by atoms with E-state index in [0.717, 1.165) is 19.0 Å². The lowest BCUT2D eigenvalue weighted by atomic mass is 10.7. The summed E-state index contributed by atoms with van der Waals surface area (Å²) in [6.07, 6.45) is 0. The van der Waals surface area contributed by atoms with Gasteiger partial charge in [0.15, 0.2) is 0 Å². The zero-order chi connectivity index (χ0) is 6.53. The predicted octanol–water partition coefficient (Wildman–Crippen LogP) is -0.513. The number of rotatable bonds is 2. The van der Waals surface area contributed by atoms with Gasteiger partial charge in [0.25, 0.3) is 0 Å². The summed E-state index contributed by atoms with van der Waals surface area (Å²) in [7, 11) is 0. The first-order valence-electron chi connectivity index (χ1n) is 3.09. The quantitative estimate of drug-likeness (QED) is 0.493. The predicted molar refractivity (Wildman–Crippen MR) is 35.1 cm³/mol. The largest absolute Gasteiger partial charge is 0.353 e. The zero-order valence-electron chi connectivity index (χ0n) is 5.48. The highest BCUT2D eigenvalue weighted by Crippen LogP contribution is 1.80. The summed E-state index contributed by atoms with van der Waals surface area (Å²) in [5, 5.41) is 3.01. The highest BCUT2D eigenvalue weighted by Gasteiger charge is 2.01. The number of hydroxylamine groups is 1. The first-order chi connectivity index (χ1) is 4.43. The molecule has 4 heteroatoms. The summed E-state index contributed by atoms with van der Waals surface area (Å²) in [4.78, 5) is 8.92. The summed E-state index contributed by atoms with van der Waals surface area (Å²) in [5.74, 6) is 0.747. The number of guanidine groups is 1. The van der Waals surface area contributed by atoms with E-state index in [-0.39, 0.29) is 0 Å². The maximum atomic E-state index is 4.87. The SMILES string of the molecule is CCONC1=NCCN1. The second kappa shape index (κ2) is 3.29. The molecule has 0 atom stereocenters.